The van der Waals surface area contributed by atoms with Gasteiger partial charge in [0.25, 0.3) is 0 Å². The Hall–Kier alpha value is -6.64. The van der Waals surface area contributed by atoms with Gasteiger partial charge in [-0.25, -0.2) is 0 Å². The molecule has 1 heterocycles. The maximum Gasteiger partial charge on any atom is 0.136 e. The van der Waals surface area contributed by atoms with Crippen molar-refractivity contribution in [1.29, 1.82) is 0 Å². The van der Waals surface area contributed by atoms with Gasteiger partial charge in [0.05, 0.1) is 5.69 Å². The first-order valence-electron chi connectivity index (χ1n) is 19.7. The zero-order valence-electron chi connectivity index (χ0n) is 32.1. The molecule has 8 aromatic carbocycles. The third-order valence-electron chi connectivity index (χ3n) is 12.7. The van der Waals surface area contributed by atoms with Crippen LogP contribution in [0.5, 0.6) is 0 Å². The molecule has 2 aliphatic carbocycles. The fraction of sp³-hybridized carbons (Fsp3) is 0.111. The van der Waals surface area contributed by atoms with E-state index in [2.05, 4.69) is 202 Å². The van der Waals surface area contributed by atoms with Gasteiger partial charge in [-0.2, -0.15) is 0 Å². The summed E-state index contributed by atoms with van der Waals surface area (Å²) in [6.45, 7) is 9.47. The van der Waals surface area contributed by atoms with E-state index in [1.165, 1.54) is 55.6 Å². The minimum Gasteiger partial charge on any atom is -0.456 e. The van der Waals surface area contributed by atoms with Crippen molar-refractivity contribution in [2.75, 3.05) is 4.90 Å². The molecule has 0 saturated carbocycles. The highest BCUT2D eigenvalue weighted by atomic mass is 16.3. The van der Waals surface area contributed by atoms with Crippen molar-refractivity contribution in [3.05, 3.63) is 198 Å². The molecule has 0 N–H and O–H groups in total. The molecule has 0 unspecified atom stereocenters. The first-order chi connectivity index (χ1) is 27.3. The summed E-state index contributed by atoms with van der Waals surface area (Å²) >= 11 is 0. The Bertz CT molecular complexity index is 2930. The third kappa shape index (κ3) is 4.69. The van der Waals surface area contributed by atoms with E-state index in [4.69, 9.17) is 4.42 Å². The van der Waals surface area contributed by atoms with Crippen molar-refractivity contribution in [1.82, 2.24) is 0 Å². The maximum absolute atomic E-state index is 6.47. The van der Waals surface area contributed by atoms with Crippen LogP contribution in [-0.4, -0.2) is 0 Å². The Morgan fingerprint density at radius 2 is 0.893 bits per heavy atom. The Morgan fingerprint density at radius 3 is 1.55 bits per heavy atom. The summed E-state index contributed by atoms with van der Waals surface area (Å²) < 4.78 is 6.47. The predicted octanol–water partition coefficient (Wildman–Crippen LogP) is 15.0. The summed E-state index contributed by atoms with van der Waals surface area (Å²) in [6, 6.07) is 64.7. The lowest BCUT2D eigenvalue weighted by molar-refractivity contribution is 0.660. The molecule has 0 fully saturated rings. The summed E-state index contributed by atoms with van der Waals surface area (Å²) in [5.74, 6) is 0. The number of rotatable bonds is 5. The highest BCUT2D eigenvalue weighted by Gasteiger charge is 2.38. The number of hydrogen-bond donors (Lipinski definition) is 0. The number of benzene rings is 8. The van der Waals surface area contributed by atoms with Crippen molar-refractivity contribution < 1.29 is 4.42 Å². The van der Waals surface area contributed by atoms with Crippen molar-refractivity contribution in [3.63, 3.8) is 0 Å². The topological polar surface area (TPSA) is 16.4 Å². The second-order valence-electron chi connectivity index (χ2n) is 16.5. The summed E-state index contributed by atoms with van der Waals surface area (Å²) in [6.07, 6.45) is 0. The van der Waals surface area contributed by atoms with Crippen LogP contribution < -0.4 is 4.90 Å². The second kappa shape index (κ2) is 11.9. The second-order valence-corrected chi connectivity index (χ2v) is 16.5. The Morgan fingerprint density at radius 1 is 0.375 bits per heavy atom. The number of nitrogens with zero attached hydrogens (tertiary/aromatic N) is 1. The molecule has 2 heteroatoms. The molecule has 9 aromatic rings. The van der Waals surface area contributed by atoms with Gasteiger partial charge in [0, 0.05) is 38.5 Å². The van der Waals surface area contributed by atoms with Crippen molar-refractivity contribution in [2.24, 2.45) is 0 Å². The van der Waals surface area contributed by atoms with Gasteiger partial charge < -0.3 is 9.32 Å². The average molecular weight is 720 g/mol. The monoisotopic (exact) mass is 719 g/mol. The van der Waals surface area contributed by atoms with Crippen LogP contribution >= 0.6 is 0 Å². The van der Waals surface area contributed by atoms with Crippen LogP contribution in [-0.2, 0) is 10.8 Å². The molecular formula is C54H41NO. The van der Waals surface area contributed by atoms with Gasteiger partial charge >= 0.3 is 0 Å². The highest BCUT2D eigenvalue weighted by molar-refractivity contribution is 6.14. The van der Waals surface area contributed by atoms with E-state index in [0.29, 0.717) is 0 Å². The fourth-order valence-electron chi connectivity index (χ4n) is 9.84. The number of para-hydroxylation sites is 1. The molecular weight excluding hydrogens is 679 g/mol. The average Bonchev–Trinajstić information content (AvgIpc) is 3.81. The Labute approximate surface area is 328 Å². The smallest absolute Gasteiger partial charge is 0.136 e. The number of hydrogen-bond acceptors (Lipinski definition) is 2. The summed E-state index contributed by atoms with van der Waals surface area (Å²) in [4.78, 5) is 2.52. The normalized spacial score (nSPS) is 14.4. The SMILES string of the molecule is CC1(C)c2ccccc2-c2ccc(N(c3ccc4c(c3)C(C)(C)c3ccccc3-4)c3cc(-c4ccccc4)ccc3-c3cccc4oc5ccccc5c34)cc21. The van der Waals surface area contributed by atoms with Crippen molar-refractivity contribution >= 4 is 39.0 Å². The van der Waals surface area contributed by atoms with E-state index < -0.39 is 0 Å². The van der Waals surface area contributed by atoms with Gasteiger partial charge in [-0.3, -0.25) is 0 Å². The quantitative estimate of drug-likeness (QED) is 0.176. The van der Waals surface area contributed by atoms with Gasteiger partial charge in [-0.1, -0.05) is 161 Å². The minimum absolute atomic E-state index is 0.148. The van der Waals surface area contributed by atoms with Crippen LogP contribution in [0.3, 0.4) is 0 Å². The molecule has 0 bridgehead atoms. The lowest BCUT2D eigenvalue weighted by Gasteiger charge is -2.31. The van der Waals surface area contributed by atoms with Crippen LogP contribution in [0.1, 0.15) is 49.9 Å². The van der Waals surface area contributed by atoms with Gasteiger partial charge in [0.1, 0.15) is 11.2 Å². The molecule has 56 heavy (non-hydrogen) atoms. The Kier molecular flexibility index (Phi) is 6.98. The molecule has 2 aliphatic rings. The zero-order chi connectivity index (χ0) is 37.8. The molecule has 268 valence electrons. The van der Waals surface area contributed by atoms with E-state index in [1.54, 1.807) is 0 Å². The summed E-state index contributed by atoms with van der Waals surface area (Å²) in [5.41, 5.74) is 20.2. The first-order valence-corrected chi connectivity index (χ1v) is 19.7. The molecule has 11 rings (SSSR count). The van der Waals surface area contributed by atoms with Crippen molar-refractivity contribution in [3.8, 4) is 44.5 Å². The molecule has 0 atom stereocenters. The lowest BCUT2D eigenvalue weighted by atomic mass is 9.82. The first kappa shape index (κ1) is 32.8. The van der Waals surface area contributed by atoms with Crippen LogP contribution in [0, 0.1) is 0 Å². The minimum atomic E-state index is -0.148. The number of furan rings is 1. The standard InChI is InChI=1S/C54H41NO/c1-53(2)45-21-11-8-17-38(45)40-29-26-36(32-47(40)53)55(37-27-30-41-39-18-9-12-22-46(39)54(3,4)48(41)33-37)49-31-35(34-15-6-5-7-16-34)25-28-42(49)43-20-14-24-51-52(43)44-19-10-13-23-50(44)56-51/h5-33H,1-4H3. The number of fused-ring (bicyclic) bond motifs is 9. The van der Waals surface area contributed by atoms with Crippen LogP contribution in [0.2, 0.25) is 0 Å². The van der Waals surface area contributed by atoms with Gasteiger partial charge in [-0.05, 0) is 104 Å². The maximum atomic E-state index is 6.47. The third-order valence-corrected chi connectivity index (χ3v) is 12.7. The highest BCUT2D eigenvalue weighted by Crippen LogP contribution is 2.54. The van der Waals surface area contributed by atoms with Crippen LogP contribution in [0.15, 0.2) is 180 Å². The number of anilines is 3. The molecule has 0 radical (unpaired) electrons. The van der Waals surface area contributed by atoms with Gasteiger partial charge in [0.15, 0.2) is 0 Å². The predicted molar refractivity (Wildman–Crippen MR) is 234 cm³/mol. The van der Waals surface area contributed by atoms with Crippen molar-refractivity contribution in [2.45, 2.75) is 38.5 Å². The lowest BCUT2D eigenvalue weighted by Crippen LogP contribution is -2.18. The molecule has 0 spiro atoms. The van der Waals surface area contributed by atoms with E-state index in [0.717, 1.165) is 50.1 Å². The Balaban J connectivity index is 1.21. The molecule has 0 saturated heterocycles. The van der Waals surface area contributed by atoms with E-state index >= 15 is 0 Å². The summed E-state index contributed by atoms with van der Waals surface area (Å²) in [7, 11) is 0. The molecule has 2 nitrogen and oxygen atoms in total. The van der Waals surface area contributed by atoms with E-state index in [-0.39, 0.29) is 10.8 Å². The van der Waals surface area contributed by atoms with Gasteiger partial charge in [0.2, 0.25) is 0 Å². The van der Waals surface area contributed by atoms with E-state index in [9.17, 15) is 0 Å². The summed E-state index contributed by atoms with van der Waals surface area (Å²) in [5, 5.41) is 2.25. The molecule has 0 aliphatic heterocycles. The largest absolute Gasteiger partial charge is 0.456 e. The van der Waals surface area contributed by atoms with Crippen LogP contribution in [0.25, 0.3) is 66.4 Å². The zero-order valence-corrected chi connectivity index (χ0v) is 32.1. The molecule has 1 aromatic heterocycles. The molecule has 0 amide bonds. The van der Waals surface area contributed by atoms with E-state index in [1.807, 2.05) is 6.07 Å². The van der Waals surface area contributed by atoms with Crippen LogP contribution in [0.4, 0.5) is 17.1 Å². The van der Waals surface area contributed by atoms with Gasteiger partial charge in [-0.15, -0.1) is 0 Å². The fourth-order valence-corrected chi connectivity index (χ4v) is 9.84.